The van der Waals surface area contributed by atoms with Crippen LogP contribution in [0.4, 0.5) is 0 Å². The van der Waals surface area contributed by atoms with E-state index in [-0.39, 0.29) is 11.6 Å². The molecule has 1 aliphatic carbocycles. The third-order valence-corrected chi connectivity index (χ3v) is 3.84. The molecule has 3 heteroatoms. The summed E-state index contributed by atoms with van der Waals surface area (Å²) >= 11 is 3.41. The van der Waals surface area contributed by atoms with Gasteiger partial charge in [-0.25, -0.2) is 0 Å². The van der Waals surface area contributed by atoms with Gasteiger partial charge in [-0.2, -0.15) is 0 Å². The summed E-state index contributed by atoms with van der Waals surface area (Å²) in [4.78, 5) is 24.8. The molecule has 0 heterocycles. The van der Waals surface area contributed by atoms with Crippen LogP contribution in [-0.2, 0) is 0 Å². The standard InChI is InChI=1S/C16H11BrO2/c1-9-6-10(8-11(17)7-9)14-15(18)12-4-2-3-5-13(12)16(14)19/h2-8,14H,1H3. The maximum absolute atomic E-state index is 12.4. The zero-order valence-corrected chi connectivity index (χ0v) is 11.9. The Balaban J connectivity index is 2.14. The van der Waals surface area contributed by atoms with Crippen molar-refractivity contribution in [3.63, 3.8) is 0 Å². The number of rotatable bonds is 1. The van der Waals surface area contributed by atoms with Crippen LogP contribution in [0.15, 0.2) is 46.9 Å². The van der Waals surface area contributed by atoms with Crippen LogP contribution in [0.1, 0.15) is 37.8 Å². The summed E-state index contributed by atoms with van der Waals surface area (Å²) in [5.41, 5.74) is 2.87. The summed E-state index contributed by atoms with van der Waals surface area (Å²) in [6.45, 7) is 1.95. The summed E-state index contributed by atoms with van der Waals surface area (Å²) in [5, 5.41) is 0. The van der Waals surface area contributed by atoms with Crippen molar-refractivity contribution < 1.29 is 9.59 Å². The van der Waals surface area contributed by atoms with Crippen molar-refractivity contribution in [1.29, 1.82) is 0 Å². The van der Waals surface area contributed by atoms with Crippen LogP contribution >= 0.6 is 15.9 Å². The lowest BCUT2D eigenvalue weighted by Gasteiger charge is -2.09. The molecule has 0 aromatic heterocycles. The van der Waals surface area contributed by atoms with Gasteiger partial charge in [0.25, 0.3) is 0 Å². The molecule has 0 amide bonds. The van der Waals surface area contributed by atoms with Gasteiger partial charge in [0.2, 0.25) is 0 Å². The molecule has 19 heavy (non-hydrogen) atoms. The predicted molar refractivity (Wildman–Crippen MR) is 76.7 cm³/mol. The molecule has 2 aromatic carbocycles. The largest absolute Gasteiger partial charge is 0.293 e. The molecule has 0 aliphatic heterocycles. The number of ketones is 2. The van der Waals surface area contributed by atoms with Crippen molar-refractivity contribution in [3.05, 3.63) is 69.2 Å². The molecule has 2 nitrogen and oxygen atoms in total. The number of halogens is 1. The fourth-order valence-corrected chi connectivity index (χ4v) is 3.20. The second kappa shape index (κ2) is 4.42. The monoisotopic (exact) mass is 314 g/mol. The maximum Gasteiger partial charge on any atom is 0.178 e. The van der Waals surface area contributed by atoms with Gasteiger partial charge in [-0.05, 0) is 30.2 Å². The van der Waals surface area contributed by atoms with Gasteiger partial charge < -0.3 is 0 Å². The van der Waals surface area contributed by atoms with E-state index >= 15 is 0 Å². The highest BCUT2D eigenvalue weighted by Gasteiger charge is 2.39. The smallest absolute Gasteiger partial charge is 0.178 e. The van der Waals surface area contributed by atoms with Gasteiger partial charge in [-0.1, -0.05) is 46.3 Å². The second-order valence-corrected chi connectivity index (χ2v) is 5.68. The Labute approximate surface area is 119 Å². The SMILES string of the molecule is Cc1cc(Br)cc(C2C(=O)c3ccccc3C2=O)c1. The van der Waals surface area contributed by atoms with E-state index in [4.69, 9.17) is 0 Å². The van der Waals surface area contributed by atoms with E-state index in [0.717, 1.165) is 15.6 Å². The molecule has 0 saturated carbocycles. The first-order valence-electron chi connectivity index (χ1n) is 6.02. The molecule has 94 valence electrons. The van der Waals surface area contributed by atoms with Gasteiger partial charge >= 0.3 is 0 Å². The summed E-state index contributed by atoms with van der Waals surface area (Å²) in [6, 6.07) is 12.7. The number of Topliss-reactive ketones (excluding diaryl/α,β-unsaturated/α-hetero) is 2. The molecule has 0 spiro atoms. The summed E-state index contributed by atoms with van der Waals surface area (Å²) in [5.74, 6) is -0.884. The molecular formula is C16H11BrO2. The minimum atomic E-state index is -0.686. The van der Waals surface area contributed by atoms with Crippen LogP contribution in [-0.4, -0.2) is 11.6 Å². The Morgan fingerprint density at radius 1 is 0.947 bits per heavy atom. The molecule has 1 aliphatic rings. The normalized spacial score (nSPS) is 14.8. The number of fused-ring (bicyclic) bond motifs is 1. The molecule has 0 saturated heterocycles. The van der Waals surface area contributed by atoms with Gasteiger partial charge in [-0.3, -0.25) is 9.59 Å². The average Bonchev–Trinajstić information content (AvgIpc) is 2.61. The van der Waals surface area contributed by atoms with Crippen LogP contribution < -0.4 is 0 Å². The van der Waals surface area contributed by atoms with Gasteiger partial charge in [-0.15, -0.1) is 0 Å². The molecule has 2 aromatic rings. The number of benzene rings is 2. The number of aryl methyl sites for hydroxylation is 1. The van der Waals surface area contributed by atoms with Crippen molar-refractivity contribution in [2.45, 2.75) is 12.8 Å². The van der Waals surface area contributed by atoms with E-state index in [2.05, 4.69) is 15.9 Å². The number of hydrogen-bond acceptors (Lipinski definition) is 2. The predicted octanol–water partition coefficient (Wildman–Crippen LogP) is 3.92. The van der Waals surface area contributed by atoms with Gasteiger partial charge in [0.05, 0.1) is 0 Å². The van der Waals surface area contributed by atoms with E-state index in [1.807, 2.05) is 25.1 Å². The molecule has 0 atom stereocenters. The first-order valence-corrected chi connectivity index (χ1v) is 6.82. The highest BCUT2D eigenvalue weighted by atomic mass is 79.9. The first-order chi connectivity index (χ1) is 9.08. The first kappa shape index (κ1) is 12.3. The van der Waals surface area contributed by atoms with Crippen LogP contribution in [0.25, 0.3) is 0 Å². The number of hydrogen-bond donors (Lipinski definition) is 0. The maximum atomic E-state index is 12.4. The lowest BCUT2D eigenvalue weighted by molar-refractivity contribution is 0.0890. The van der Waals surface area contributed by atoms with Crippen LogP contribution in [0.3, 0.4) is 0 Å². The van der Waals surface area contributed by atoms with E-state index in [0.29, 0.717) is 11.1 Å². The van der Waals surface area contributed by atoms with Crippen LogP contribution in [0.2, 0.25) is 0 Å². The quantitative estimate of drug-likeness (QED) is 0.748. The fourth-order valence-electron chi connectivity index (χ4n) is 2.58. The minimum Gasteiger partial charge on any atom is -0.293 e. The molecule has 0 radical (unpaired) electrons. The average molecular weight is 315 g/mol. The van der Waals surface area contributed by atoms with Gasteiger partial charge in [0, 0.05) is 15.6 Å². The van der Waals surface area contributed by atoms with Crippen LogP contribution in [0.5, 0.6) is 0 Å². The van der Waals surface area contributed by atoms with Crippen molar-refractivity contribution in [2.24, 2.45) is 0 Å². The molecule has 3 rings (SSSR count). The lowest BCUT2D eigenvalue weighted by atomic mass is 9.93. The minimum absolute atomic E-state index is 0.0990. The van der Waals surface area contributed by atoms with Crippen molar-refractivity contribution in [2.75, 3.05) is 0 Å². The Morgan fingerprint density at radius 3 is 2.05 bits per heavy atom. The molecule has 0 unspecified atom stereocenters. The number of carbonyl (C=O) groups excluding carboxylic acids is 2. The molecule has 0 bridgehead atoms. The van der Waals surface area contributed by atoms with Crippen LogP contribution in [0, 0.1) is 6.92 Å². The van der Waals surface area contributed by atoms with Crippen molar-refractivity contribution in [1.82, 2.24) is 0 Å². The van der Waals surface area contributed by atoms with Gasteiger partial charge in [0.15, 0.2) is 11.6 Å². The molecule has 0 N–H and O–H groups in total. The third kappa shape index (κ3) is 1.94. The third-order valence-electron chi connectivity index (χ3n) is 3.38. The Kier molecular flexibility index (Phi) is 2.86. The number of carbonyl (C=O) groups is 2. The zero-order chi connectivity index (χ0) is 13.6. The Morgan fingerprint density at radius 2 is 1.53 bits per heavy atom. The summed E-state index contributed by atoms with van der Waals surface area (Å²) in [7, 11) is 0. The zero-order valence-electron chi connectivity index (χ0n) is 10.3. The van der Waals surface area contributed by atoms with E-state index < -0.39 is 5.92 Å². The van der Waals surface area contributed by atoms with E-state index in [1.54, 1.807) is 24.3 Å². The fraction of sp³-hybridized carbons (Fsp3) is 0.125. The van der Waals surface area contributed by atoms with Crippen molar-refractivity contribution >= 4 is 27.5 Å². The Hall–Kier alpha value is -1.74. The topological polar surface area (TPSA) is 34.1 Å². The Bertz CT molecular complexity index is 648. The van der Waals surface area contributed by atoms with Gasteiger partial charge in [0.1, 0.15) is 5.92 Å². The van der Waals surface area contributed by atoms with E-state index in [1.165, 1.54) is 0 Å². The second-order valence-electron chi connectivity index (χ2n) is 4.77. The van der Waals surface area contributed by atoms with Crippen molar-refractivity contribution in [3.8, 4) is 0 Å². The highest BCUT2D eigenvalue weighted by molar-refractivity contribution is 9.10. The summed E-state index contributed by atoms with van der Waals surface area (Å²) in [6.07, 6.45) is 0. The lowest BCUT2D eigenvalue weighted by Crippen LogP contribution is -2.13. The van der Waals surface area contributed by atoms with E-state index in [9.17, 15) is 9.59 Å². The molecular weight excluding hydrogens is 304 g/mol. The highest BCUT2D eigenvalue weighted by Crippen LogP contribution is 2.35. The molecule has 0 fully saturated rings. The summed E-state index contributed by atoms with van der Waals surface area (Å²) < 4.78 is 0.888.